The molecule has 0 saturated carbocycles. The summed E-state index contributed by atoms with van der Waals surface area (Å²) in [6.07, 6.45) is 13.3. The van der Waals surface area contributed by atoms with Crippen molar-refractivity contribution in [2.24, 2.45) is 0 Å². The first kappa shape index (κ1) is 26.8. The normalized spacial score (nSPS) is 15.5. The molecule has 0 aliphatic heterocycles. The average Bonchev–Trinajstić information content (AvgIpc) is 2.64. The third kappa shape index (κ3) is 15.8. The fourth-order valence-corrected chi connectivity index (χ4v) is 2.61. The molecule has 0 aliphatic rings. The van der Waals surface area contributed by atoms with Crippen molar-refractivity contribution in [2.45, 2.75) is 85.4 Å². The molecule has 0 aliphatic carbocycles. The summed E-state index contributed by atoms with van der Waals surface area (Å²) in [7, 11) is 0. The van der Waals surface area contributed by atoms with Crippen LogP contribution in [0.2, 0.25) is 0 Å². The molecule has 0 aromatic carbocycles. The molecule has 2 unspecified atom stereocenters. The van der Waals surface area contributed by atoms with E-state index in [0.717, 1.165) is 38.5 Å². The van der Waals surface area contributed by atoms with Crippen LogP contribution in [0.15, 0.2) is 46.6 Å². The van der Waals surface area contributed by atoms with Gasteiger partial charge in [0.25, 0.3) is 0 Å². The zero-order valence-corrected chi connectivity index (χ0v) is 18.6. The van der Waals surface area contributed by atoms with Crippen LogP contribution < -0.4 is 0 Å². The molecule has 162 valence electrons. The molecule has 2 atom stereocenters. The molecule has 0 fully saturated rings. The van der Waals surface area contributed by atoms with E-state index in [-0.39, 0.29) is 6.61 Å². The van der Waals surface area contributed by atoms with E-state index in [2.05, 4.69) is 52.8 Å². The molecule has 0 amide bonds. The minimum atomic E-state index is -1.14. The average molecular weight is 395 g/mol. The molecular formula is C24H42O4. The van der Waals surface area contributed by atoms with Crippen molar-refractivity contribution in [2.75, 3.05) is 19.8 Å². The topological polar surface area (TPSA) is 69.9 Å². The lowest BCUT2D eigenvalue weighted by molar-refractivity contribution is -0.0527. The van der Waals surface area contributed by atoms with Crippen LogP contribution in [-0.2, 0) is 4.74 Å². The minimum absolute atomic E-state index is 0.0196. The summed E-state index contributed by atoms with van der Waals surface area (Å²) in [6, 6.07) is 0. The van der Waals surface area contributed by atoms with Gasteiger partial charge in [-0.15, -0.1) is 0 Å². The fourth-order valence-electron chi connectivity index (χ4n) is 2.61. The highest BCUT2D eigenvalue weighted by Crippen LogP contribution is 2.13. The van der Waals surface area contributed by atoms with Gasteiger partial charge >= 0.3 is 0 Å². The standard InChI is InChI=1S/C24H42O4/c1-19(2)9-6-10-20(3)11-7-12-21(4)13-8-14-22(5)15-16-28-18-24(27)23(26)17-25/h9,11,13,15,23-27H,6-8,10,12,14,16-18H2,1-5H3/b20-11+,21-13+,22-15?. The van der Waals surface area contributed by atoms with Crippen molar-refractivity contribution in [3.05, 3.63) is 46.6 Å². The van der Waals surface area contributed by atoms with Crippen LogP contribution >= 0.6 is 0 Å². The minimum Gasteiger partial charge on any atom is -0.394 e. The van der Waals surface area contributed by atoms with E-state index in [1.54, 1.807) is 0 Å². The number of ether oxygens (including phenoxy) is 1. The lowest BCUT2D eigenvalue weighted by Gasteiger charge is -2.14. The van der Waals surface area contributed by atoms with Gasteiger partial charge in [-0.25, -0.2) is 0 Å². The van der Waals surface area contributed by atoms with Gasteiger partial charge in [0.15, 0.2) is 0 Å². The fraction of sp³-hybridized carbons (Fsp3) is 0.667. The number of aliphatic hydroxyl groups excluding tert-OH is 3. The predicted octanol–water partition coefficient (Wildman–Crippen LogP) is 4.86. The van der Waals surface area contributed by atoms with Gasteiger partial charge in [0.05, 0.1) is 19.8 Å². The largest absolute Gasteiger partial charge is 0.394 e. The van der Waals surface area contributed by atoms with Crippen LogP contribution in [0.5, 0.6) is 0 Å². The number of rotatable bonds is 15. The van der Waals surface area contributed by atoms with Crippen molar-refractivity contribution in [1.29, 1.82) is 0 Å². The van der Waals surface area contributed by atoms with Gasteiger partial charge in [0.1, 0.15) is 12.2 Å². The maximum absolute atomic E-state index is 9.48. The Morgan fingerprint density at radius 2 is 1.18 bits per heavy atom. The molecule has 0 aromatic heterocycles. The molecule has 0 radical (unpaired) electrons. The van der Waals surface area contributed by atoms with Crippen molar-refractivity contribution >= 4 is 0 Å². The second kappa shape index (κ2) is 16.7. The highest BCUT2D eigenvalue weighted by atomic mass is 16.5. The van der Waals surface area contributed by atoms with Gasteiger partial charge in [0.2, 0.25) is 0 Å². The summed E-state index contributed by atoms with van der Waals surface area (Å²) in [6.45, 7) is 10.7. The van der Waals surface area contributed by atoms with E-state index < -0.39 is 18.8 Å². The third-order valence-corrected chi connectivity index (χ3v) is 4.62. The third-order valence-electron chi connectivity index (χ3n) is 4.62. The second-order valence-corrected chi connectivity index (χ2v) is 7.90. The van der Waals surface area contributed by atoms with Gasteiger partial charge in [-0.3, -0.25) is 0 Å². The predicted molar refractivity (Wildman–Crippen MR) is 118 cm³/mol. The molecule has 0 heterocycles. The molecular weight excluding hydrogens is 352 g/mol. The van der Waals surface area contributed by atoms with E-state index in [1.807, 2.05) is 6.08 Å². The Morgan fingerprint density at radius 3 is 1.64 bits per heavy atom. The Balaban J connectivity index is 3.98. The summed E-state index contributed by atoms with van der Waals surface area (Å²) < 4.78 is 5.31. The molecule has 0 bridgehead atoms. The van der Waals surface area contributed by atoms with Crippen molar-refractivity contribution in [3.63, 3.8) is 0 Å². The first-order valence-corrected chi connectivity index (χ1v) is 10.4. The Morgan fingerprint density at radius 1 is 0.714 bits per heavy atom. The van der Waals surface area contributed by atoms with Crippen LogP contribution in [0.1, 0.15) is 73.1 Å². The smallest absolute Gasteiger partial charge is 0.105 e. The van der Waals surface area contributed by atoms with Gasteiger partial charge in [0, 0.05) is 0 Å². The zero-order valence-electron chi connectivity index (χ0n) is 18.6. The molecule has 4 nitrogen and oxygen atoms in total. The molecule has 0 aromatic rings. The van der Waals surface area contributed by atoms with Crippen LogP contribution in [0.3, 0.4) is 0 Å². The number of hydrogen-bond donors (Lipinski definition) is 3. The lowest BCUT2D eigenvalue weighted by atomic mass is 10.0. The maximum atomic E-state index is 9.48. The highest BCUT2D eigenvalue weighted by molar-refractivity contribution is 5.07. The summed E-state index contributed by atoms with van der Waals surface area (Å²) in [5, 5.41) is 27.5. The van der Waals surface area contributed by atoms with Crippen LogP contribution in [-0.4, -0.2) is 47.3 Å². The molecule has 0 saturated heterocycles. The van der Waals surface area contributed by atoms with Crippen molar-refractivity contribution < 1.29 is 20.1 Å². The molecule has 28 heavy (non-hydrogen) atoms. The number of allylic oxidation sites excluding steroid dienone is 7. The summed E-state index contributed by atoms with van der Waals surface area (Å²) in [5.41, 5.74) is 5.54. The Bertz CT molecular complexity index is 525. The van der Waals surface area contributed by atoms with Crippen LogP contribution in [0, 0.1) is 0 Å². The summed E-state index contributed by atoms with van der Waals surface area (Å²) in [5.74, 6) is 0. The number of hydrogen-bond acceptors (Lipinski definition) is 4. The first-order valence-electron chi connectivity index (χ1n) is 10.4. The number of aliphatic hydroxyl groups is 3. The SMILES string of the molecule is CC(C)=CCC/C(C)=C/CC/C(C)=C/CCC(C)=CCOCC(O)C(O)CO. The van der Waals surface area contributed by atoms with Gasteiger partial charge < -0.3 is 20.1 Å². The second-order valence-electron chi connectivity index (χ2n) is 7.90. The van der Waals surface area contributed by atoms with E-state index >= 15 is 0 Å². The highest BCUT2D eigenvalue weighted by Gasteiger charge is 2.14. The Labute approximate surface area is 172 Å². The van der Waals surface area contributed by atoms with E-state index in [0.29, 0.717) is 6.61 Å². The summed E-state index contributed by atoms with van der Waals surface area (Å²) in [4.78, 5) is 0. The quantitative estimate of drug-likeness (QED) is 0.274. The monoisotopic (exact) mass is 394 g/mol. The Hall–Kier alpha value is -1.20. The Kier molecular flexibility index (Phi) is 16.0. The van der Waals surface area contributed by atoms with E-state index in [4.69, 9.17) is 9.84 Å². The maximum Gasteiger partial charge on any atom is 0.105 e. The molecule has 3 N–H and O–H groups in total. The van der Waals surface area contributed by atoms with Crippen molar-refractivity contribution in [3.8, 4) is 0 Å². The van der Waals surface area contributed by atoms with Crippen molar-refractivity contribution in [1.82, 2.24) is 0 Å². The molecule has 4 heteroatoms. The van der Waals surface area contributed by atoms with Gasteiger partial charge in [-0.2, -0.15) is 0 Å². The molecule has 0 spiro atoms. The molecule has 0 rings (SSSR count). The zero-order chi connectivity index (χ0) is 21.4. The van der Waals surface area contributed by atoms with Crippen LogP contribution in [0.4, 0.5) is 0 Å². The van der Waals surface area contributed by atoms with E-state index in [9.17, 15) is 10.2 Å². The lowest BCUT2D eigenvalue weighted by Crippen LogP contribution is -2.33. The first-order chi connectivity index (χ1) is 13.3. The van der Waals surface area contributed by atoms with Crippen LogP contribution in [0.25, 0.3) is 0 Å². The van der Waals surface area contributed by atoms with E-state index in [1.165, 1.54) is 22.3 Å². The van der Waals surface area contributed by atoms with Gasteiger partial charge in [-0.1, -0.05) is 46.6 Å². The summed E-state index contributed by atoms with van der Waals surface area (Å²) >= 11 is 0. The van der Waals surface area contributed by atoms with Gasteiger partial charge in [-0.05, 0) is 73.1 Å².